The van der Waals surface area contributed by atoms with Crippen LogP contribution in [0.15, 0.2) is 29.3 Å². The molecule has 1 aliphatic rings. The minimum absolute atomic E-state index is 0.208. The summed E-state index contributed by atoms with van der Waals surface area (Å²) in [5.41, 5.74) is 1.20. The molecule has 1 aliphatic heterocycles. The number of rotatable bonds is 4. The van der Waals surface area contributed by atoms with Crippen LogP contribution in [0.1, 0.15) is 5.56 Å². The van der Waals surface area contributed by atoms with Gasteiger partial charge in [-0.25, -0.2) is 0 Å². The molecular weight excluding hydrogens is 300 g/mol. The smallest absolute Gasteiger partial charge is 0.193 e. The molecule has 5 nitrogen and oxygen atoms in total. The number of halogens is 1. The number of nitrogens with zero attached hydrogens (tertiary/aromatic N) is 3. The number of morpholine rings is 1. The number of likely N-dealkylation sites (N-methyl/N-ethyl adjacent to an activating group) is 1. The van der Waals surface area contributed by atoms with Gasteiger partial charge >= 0.3 is 0 Å². The van der Waals surface area contributed by atoms with Crippen LogP contribution in [0.5, 0.6) is 0 Å². The first-order valence-electron chi connectivity index (χ1n) is 7.55. The molecule has 1 aromatic rings. The van der Waals surface area contributed by atoms with Crippen molar-refractivity contribution in [2.75, 3.05) is 47.4 Å². The second-order valence-corrected chi connectivity index (χ2v) is 6.10. The summed E-state index contributed by atoms with van der Waals surface area (Å²) >= 11 is 5.92. The Morgan fingerprint density at radius 1 is 1.45 bits per heavy atom. The van der Waals surface area contributed by atoms with Crippen LogP contribution in [0.2, 0.25) is 5.02 Å². The number of hydrogen-bond donors (Lipinski definition) is 1. The Kier molecular flexibility index (Phi) is 6.49. The molecule has 1 saturated heterocycles. The molecule has 0 saturated carbocycles. The lowest BCUT2D eigenvalue weighted by molar-refractivity contribution is -0.0163. The number of guanidine groups is 1. The van der Waals surface area contributed by atoms with Gasteiger partial charge in [0.2, 0.25) is 0 Å². The molecule has 0 spiro atoms. The maximum atomic E-state index is 5.92. The summed E-state index contributed by atoms with van der Waals surface area (Å²) in [4.78, 5) is 8.72. The number of nitrogens with one attached hydrogen (secondary N) is 1. The van der Waals surface area contributed by atoms with E-state index < -0.39 is 0 Å². The summed E-state index contributed by atoms with van der Waals surface area (Å²) in [5.74, 6) is 0.867. The Bertz CT molecular complexity index is 491. The molecule has 0 aliphatic carbocycles. The Balaban J connectivity index is 1.83. The van der Waals surface area contributed by atoms with E-state index in [1.54, 1.807) is 7.05 Å². The normalized spacial score (nSPS) is 20.0. The highest BCUT2D eigenvalue weighted by molar-refractivity contribution is 6.30. The van der Waals surface area contributed by atoms with Gasteiger partial charge in [0.15, 0.2) is 5.96 Å². The average Bonchev–Trinajstić information content (AvgIpc) is 2.50. The fourth-order valence-electron chi connectivity index (χ4n) is 2.52. The van der Waals surface area contributed by atoms with Gasteiger partial charge in [0.1, 0.15) is 0 Å². The van der Waals surface area contributed by atoms with Crippen molar-refractivity contribution in [3.63, 3.8) is 0 Å². The van der Waals surface area contributed by atoms with Gasteiger partial charge in [0.25, 0.3) is 0 Å². The molecule has 0 bridgehead atoms. The predicted molar refractivity (Wildman–Crippen MR) is 91.5 cm³/mol. The zero-order valence-electron chi connectivity index (χ0n) is 13.6. The fourth-order valence-corrected chi connectivity index (χ4v) is 2.64. The standard InChI is InChI=1S/C16H25ClN4O/c1-18-16(19-10-15-12-20(2)8-9-22-15)21(3)11-13-4-6-14(17)7-5-13/h4-7,15H,8-12H2,1-3H3,(H,18,19). The van der Waals surface area contributed by atoms with E-state index in [1.165, 1.54) is 5.56 Å². The highest BCUT2D eigenvalue weighted by atomic mass is 35.5. The second kappa shape index (κ2) is 8.36. The average molecular weight is 325 g/mol. The summed E-state index contributed by atoms with van der Waals surface area (Å²) in [5, 5.41) is 4.15. The lowest BCUT2D eigenvalue weighted by Gasteiger charge is -2.31. The molecule has 1 atom stereocenters. The van der Waals surface area contributed by atoms with E-state index in [1.807, 2.05) is 31.3 Å². The highest BCUT2D eigenvalue weighted by Gasteiger charge is 2.18. The molecule has 122 valence electrons. The van der Waals surface area contributed by atoms with E-state index in [-0.39, 0.29) is 6.10 Å². The molecule has 1 fully saturated rings. The lowest BCUT2D eigenvalue weighted by atomic mass is 10.2. The van der Waals surface area contributed by atoms with Gasteiger partial charge in [-0.05, 0) is 24.7 Å². The minimum Gasteiger partial charge on any atom is -0.374 e. The third-order valence-corrected chi connectivity index (χ3v) is 3.99. The van der Waals surface area contributed by atoms with Crippen molar-refractivity contribution in [2.45, 2.75) is 12.6 Å². The van der Waals surface area contributed by atoms with E-state index in [9.17, 15) is 0 Å². The predicted octanol–water partition coefficient (Wildman–Crippen LogP) is 1.68. The molecule has 1 N–H and O–H groups in total. The van der Waals surface area contributed by atoms with Crippen molar-refractivity contribution in [3.05, 3.63) is 34.9 Å². The van der Waals surface area contributed by atoms with E-state index in [4.69, 9.17) is 16.3 Å². The number of benzene rings is 1. The van der Waals surface area contributed by atoms with Crippen molar-refractivity contribution in [1.82, 2.24) is 15.1 Å². The Hall–Kier alpha value is -1.30. The van der Waals surface area contributed by atoms with Crippen LogP contribution in [0.25, 0.3) is 0 Å². The molecule has 1 unspecified atom stereocenters. The quantitative estimate of drug-likeness (QED) is 0.676. The van der Waals surface area contributed by atoms with Crippen LogP contribution in [0.3, 0.4) is 0 Å². The van der Waals surface area contributed by atoms with Gasteiger partial charge in [0.05, 0.1) is 12.7 Å². The van der Waals surface area contributed by atoms with Crippen molar-refractivity contribution in [1.29, 1.82) is 0 Å². The molecule has 0 radical (unpaired) electrons. The fraction of sp³-hybridized carbons (Fsp3) is 0.562. The molecule has 1 heterocycles. The summed E-state index contributed by atoms with van der Waals surface area (Å²) in [6, 6.07) is 7.88. The van der Waals surface area contributed by atoms with Crippen LogP contribution in [0, 0.1) is 0 Å². The zero-order chi connectivity index (χ0) is 15.9. The van der Waals surface area contributed by atoms with Crippen molar-refractivity contribution in [3.8, 4) is 0 Å². The first-order chi connectivity index (χ1) is 10.6. The van der Waals surface area contributed by atoms with Crippen molar-refractivity contribution < 1.29 is 4.74 Å². The van der Waals surface area contributed by atoms with Gasteiger partial charge < -0.3 is 19.9 Å². The second-order valence-electron chi connectivity index (χ2n) is 5.67. The largest absolute Gasteiger partial charge is 0.374 e. The summed E-state index contributed by atoms with van der Waals surface area (Å²) in [6.45, 7) is 4.29. The first kappa shape index (κ1) is 17.1. The first-order valence-corrected chi connectivity index (χ1v) is 7.92. The van der Waals surface area contributed by atoms with Gasteiger partial charge in [-0.1, -0.05) is 23.7 Å². The molecule has 0 amide bonds. The van der Waals surface area contributed by atoms with Crippen molar-refractivity contribution >= 4 is 17.6 Å². The monoisotopic (exact) mass is 324 g/mol. The van der Waals surface area contributed by atoms with Gasteiger partial charge in [-0.3, -0.25) is 4.99 Å². The Morgan fingerprint density at radius 3 is 2.82 bits per heavy atom. The Labute approximate surface area is 137 Å². The number of aliphatic imine (C=N–C) groups is 1. The van der Waals surface area contributed by atoms with Crippen LogP contribution >= 0.6 is 11.6 Å². The molecule has 1 aromatic carbocycles. The molecular formula is C16H25ClN4O. The van der Waals surface area contributed by atoms with Gasteiger partial charge in [-0.2, -0.15) is 0 Å². The Morgan fingerprint density at radius 2 is 2.18 bits per heavy atom. The van der Waals surface area contributed by atoms with Crippen LogP contribution in [0.4, 0.5) is 0 Å². The van der Waals surface area contributed by atoms with Crippen LogP contribution in [-0.4, -0.2) is 69.2 Å². The molecule has 6 heteroatoms. The summed E-state index contributed by atoms with van der Waals surface area (Å²) < 4.78 is 5.76. The lowest BCUT2D eigenvalue weighted by Crippen LogP contribution is -2.48. The maximum absolute atomic E-state index is 5.92. The maximum Gasteiger partial charge on any atom is 0.193 e. The number of ether oxygens (including phenoxy) is 1. The molecule has 0 aromatic heterocycles. The van der Waals surface area contributed by atoms with Gasteiger partial charge in [-0.15, -0.1) is 0 Å². The summed E-state index contributed by atoms with van der Waals surface area (Å²) in [6.07, 6.45) is 0.208. The zero-order valence-corrected chi connectivity index (χ0v) is 14.3. The van der Waals surface area contributed by atoms with E-state index in [2.05, 4.69) is 27.2 Å². The summed E-state index contributed by atoms with van der Waals surface area (Å²) in [7, 11) is 5.95. The third kappa shape index (κ3) is 5.16. The highest BCUT2D eigenvalue weighted by Crippen LogP contribution is 2.11. The third-order valence-electron chi connectivity index (χ3n) is 3.74. The minimum atomic E-state index is 0.208. The van der Waals surface area contributed by atoms with E-state index >= 15 is 0 Å². The van der Waals surface area contributed by atoms with E-state index in [0.29, 0.717) is 0 Å². The van der Waals surface area contributed by atoms with E-state index in [0.717, 1.165) is 43.8 Å². The van der Waals surface area contributed by atoms with Crippen LogP contribution in [-0.2, 0) is 11.3 Å². The number of hydrogen-bond acceptors (Lipinski definition) is 3. The van der Waals surface area contributed by atoms with Crippen LogP contribution < -0.4 is 5.32 Å². The molecule has 2 rings (SSSR count). The van der Waals surface area contributed by atoms with Gasteiger partial charge in [0, 0.05) is 45.3 Å². The van der Waals surface area contributed by atoms with Crippen molar-refractivity contribution in [2.24, 2.45) is 4.99 Å². The molecule has 22 heavy (non-hydrogen) atoms. The topological polar surface area (TPSA) is 40.1 Å². The SMILES string of the molecule is CN=C(NCC1CN(C)CCO1)N(C)Cc1ccc(Cl)cc1.